The van der Waals surface area contributed by atoms with Gasteiger partial charge >= 0.3 is 0 Å². The first-order valence-corrected chi connectivity index (χ1v) is 9.83. The van der Waals surface area contributed by atoms with Crippen molar-refractivity contribution in [1.29, 1.82) is 0 Å². The topological polar surface area (TPSA) is 88.9 Å². The first-order valence-electron chi connectivity index (χ1n) is 8.85. The molecule has 150 valence electrons. The van der Waals surface area contributed by atoms with E-state index in [0.717, 1.165) is 0 Å². The predicted molar refractivity (Wildman–Crippen MR) is 109 cm³/mol. The molecule has 0 saturated carbocycles. The molecule has 0 atom stereocenters. The molecule has 2 N–H and O–H groups in total. The molecule has 0 aliphatic rings. The van der Waals surface area contributed by atoms with Gasteiger partial charge in [-0.15, -0.1) is 10.2 Å². The second-order valence-corrected chi connectivity index (χ2v) is 7.20. The summed E-state index contributed by atoms with van der Waals surface area (Å²) in [6.45, 7) is 1.82. The first kappa shape index (κ1) is 20.5. The van der Waals surface area contributed by atoms with Gasteiger partial charge in [0, 0.05) is 23.9 Å². The molecular formula is C20H20FN5O2S. The first-order chi connectivity index (χ1) is 14.0. The number of halogens is 1. The van der Waals surface area contributed by atoms with E-state index in [-0.39, 0.29) is 29.9 Å². The van der Waals surface area contributed by atoms with Crippen LogP contribution in [0.1, 0.15) is 21.7 Å². The van der Waals surface area contributed by atoms with E-state index in [4.69, 9.17) is 0 Å². The Labute approximate surface area is 171 Å². The van der Waals surface area contributed by atoms with E-state index in [1.807, 2.05) is 6.07 Å². The van der Waals surface area contributed by atoms with Crippen LogP contribution in [0.15, 0.2) is 53.7 Å². The lowest BCUT2D eigenvalue weighted by Crippen LogP contribution is -2.24. The molecule has 3 rings (SSSR count). The summed E-state index contributed by atoms with van der Waals surface area (Å²) in [7, 11) is 1.76. The van der Waals surface area contributed by atoms with E-state index in [1.54, 1.807) is 54.9 Å². The molecule has 0 fully saturated rings. The van der Waals surface area contributed by atoms with E-state index >= 15 is 0 Å². The number of nitrogens with zero attached hydrogens (tertiary/aromatic N) is 3. The fourth-order valence-electron chi connectivity index (χ4n) is 2.53. The molecule has 0 aliphatic carbocycles. The van der Waals surface area contributed by atoms with Gasteiger partial charge in [-0.25, -0.2) is 4.39 Å². The summed E-state index contributed by atoms with van der Waals surface area (Å²) in [6, 6.07) is 13.4. The minimum absolute atomic E-state index is 0.0955. The van der Waals surface area contributed by atoms with Crippen LogP contribution in [-0.4, -0.2) is 32.3 Å². The molecule has 0 saturated heterocycles. The molecule has 1 aromatic heterocycles. The molecule has 2 aromatic carbocycles. The van der Waals surface area contributed by atoms with Crippen LogP contribution in [0.3, 0.4) is 0 Å². The number of thioether (sulfide) groups is 1. The summed E-state index contributed by atoms with van der Waals surface area (Å²) in [5.41, 5.74) is 1.40. The van der Waals surface area contributed by atoms with Crippen molar-refractivity contribution in [3.63, 3.8) is 0 Å². The molecule has 0 bridgehead atoms. The monoisotopic (exact) mass is 413 g/mol. The summed E-state index contributed by atoms with van der Waals surface area (Å²) in [6.07, 6.45) is 0. The number of rotatable bonds is 7. The highest BCUT2D eigenvalue weighted by atomic mass is 32.2. The molecule has 0 radical (unpaired) electrons. The lowest BCUT2D eigenvalue weighted by atomic mass is 10.2. The van der Waals surface area contributed by atoms with Gasteiger partial charge in [0.2, 0.25) is 5.91 Å². The SMILES string of the molecule is Cc1c(F)cccc1NC(=O)CSc1nnc(CNC(=O)c2ccccc2)n1C. The number of carbonyl (C=O) groups is 2. The highest BCUT2D eigenvalue weighted by Crippen LogP contribution is 2.19. The Morgan fingerprint density at radius 2 is 1.86 bits per heavy atom. The Kier molecular flexibility index (Phi) is 6.61. The Balaban J connectivity index is 1.53. The fourth-order valence-corrected chi connectivity index (χ4v) is 3.26. The van der Waals surface area contributed by atoms with Gasteiger partial charge in [-0.05, 0) is 31.2 Å². The number of benzene rings is 2. The Morgan fingerprint density at radius 1 is 1.10 bits per heavy atom. The molecule has 29 heavy (non-hydrogen) atoms. The van der Waals surface area contributed by atoms with Gasteiger partial charge in [-0.3, -0.25) is 9.59 Å². The normalized spacial score (nSPS) is 10.6. The van der Waals surface area contributed by atoms with Gasteiger partial charge in [0.15, 0.2) is 11.0 Å². The number of amides is 2. The number of anilines is 1. The van der Waals surface area contributed by atoms with Crippen molar-refractivity contribution in [2.45, 2.75) is 18.6 Å². The smallest absolute Gasteiger partial charge is 0.251 e. The predicted octanol–water partition coefficient (Wildman–Crippen LogP) is 2.92. The van der Waals surface area contributed by atoms with E-state index < -0.39 is 0 Å². The van der Waals surface area contributed by atoms with Crippen LogP contribution in [-0.2, 0) is 18.4 Å². The van der Waals surface area contributed by atoms with Crippen molar-refractivity contribution in [2.75, 3.05) is 11.1 Å². The van der Waals surface area contributed by atoms with Gasteiger partial charge in [-0.1, -0.05) is 36.0 Å². The number of aromatic nitrogens is 3. The van der Waals surface area contributed by atoms with E-state index in [2.05, 4.69) is 20.8 Å². The molecular weight excluding hydrogens is 393 g/mol. The minimum Gasteiger partial charge on any atom is -0.345 e. The van der Waals surface area contributed by atoms with Crippen LogP contribution in [0.2, 0.25) is 0 Å². The zero-order valence-corrected chi connectivity index (χ0v) is 16.8. The van der Waals surface area contributed by atoms with E-state index in [9.17, 15) is 14.0 Å². The molecule has 2 amide bonds. The van der Waals surface area contributed by atoms with Crippen LogP contribution >= 0.6 is 11.8 Å². The van der Waals surface area contributed by atoms with Crippen molar-refractivity contribution in [3.05, 3.63) is 71.3 Å². The van der Waals surface area contributed by atoms with Crippen molar-refractivity contribution < 1.29 is 14.0 Å². The highest BCUT2D eigenvalue weighted by molar-refractivity contribution is 7.99. The second kappa shape index (κ2) is 9.33. The summed E-state index contributed by atoms with van der Waals surface area (Å²) in [5, 5.41) is 14.2. The molecule has 3 aromatic rings. The molecule has 9 heteroatoms. The van der Waals surface area contributed by atoms with Crippen molar-refractivity contribution >= 4 is 29.3 Å². The van der Waals surface area contributed by atoms with Crippen LogP contribution in [0, 0.1) is 12.7 Å². The quantitative estimate of drug-likeness (QED) is 0.582. The van der Waals surface area contributed by atoms with Gasteiger partial charge in [0.1, 0.15) is 5.82 Å². The standard InChI is InChI=1S/C20H20FN5O2S/c1-13-15(21)9-6-10-16(13)23-18(27)12-29-20-25-24-17(26(20)2)11-22-19(28)14-7-4-3-5-8-14/h3-10H,11-12H2,1-2H3,(H,22,28)(H,23,27). The summed E-state index contributed by atoms with van der Waals surface area (Å²) >= 11 is 1.21. The Hall–Kier alpha value is -3.20. The van der Waals surface area contributed by atoms with Gasteiger partial charge in [0.05, 0.1) is 12.3 Å². The van der Waals surface area contributed by atoms with Crippen molar-refractivity contribution in [2.24, 2.45) is 7.05 Å². The van der Waals surface area contributed by atoms with Crippen LogP contribution in [0.25, 0.3) is 0 Å². The average Bonchev–Trinajstić information content (AvgIpc) is 3.08. The molecule has 0 unspecified atom stereocenters. The van der Waals surface area contributed by atoms with Crippen LogP contribution in [0.5, 0.6) is 0 Å². The third-order valence-corrected chi connectivity index (χ3v) is 5.26. The summed E-state index contributed by atoms with van der Waals surface area (Å²) in [5.74, 6) is -0.180. The second-order valence-electron chi connectivity index (χ2n) is 6.26. The number of hydrogen-bond donors (Lipinski definition) is 2. The lowest BCUT2D eigenvalue weighted by Gasteiger charge is -2.09. The number of carbonyl (C=O) groups excluding carboxylic acids is 2. The zero-order valence-electron chi connectivity index (χ0n) is 16.0. The van der Waals surface area contributed by atoms with Crippen molar-refractivity contribution in [1.82, 2.24) is 20.1 Å². The van der Waals surface area contributed by atoms with E-state index in [0.29, 0.717) is 27.8 Å². The van der Waals surface area contributed by atoms with E-state index in [1.165, 1.54) is 17.8 Å². The summed E-state index contributed by atoms with van der Waals surface area (Å²) in [4.78, 5) is 24.3. The maximum absolute atomic E-state index is 13.6. The van der Waals surface area contributed by atoms with Crippen molar-refractivity contribution in [3.8, 4) is 0 Å². The third-order valence-electron chi connectivity index (χ3n) is 4.24. The van der Waals surface area contributed by atoms with Gasteiger partial charge in [0.25, 0.3) is 5.91 Å². The minimum atomic E-state index is -0.369. The van der Waals surface area contributed by atoms with Gasteiger partial charge < -0.3 is 15.2 Å². The van der Waals surface area contributed by atoms with Crippen LogP contribution in [0.4, 0.5) is 10.1 Å². The average molecular weight is 413 g/mol. The summed E-state index contributed by atoms with van der Waals surface area (Å²) < 4.78 is 15.3. The van der Waals surface area contributed by atoms with Gasteiger partial charge in [-0.2, -0.15) is 0 Å². The molecule has 0 spiro atoms. The molecule has 7 nitrogen and oxygen atoms in total. The zero-order chi connectivity index (χ0) is 20.8. The lowest BCUT2D eigenvalue weighted by molar-refractivity contribution is -0.113. The number of hydrogen-bond acceptors (Lipinski definition) is 5. The Bertz CT molecular complexity index is 1020. The molecule has 0 aliphatic heterocycles. The fraction of sp³-hybridized carbons (Fsp3) is 0.200. The highest BCUT2D eigenvalue weighted by Gasteiger charge is 2.14. The molecule has 1 heterocycles. The van der Waals surface area contributed by atoms with Crippen LogP contribution < -0.4 is 10.6 Å². The maximum atomic E-state index is 13.6. The maximum Gasteiger partial charge on any atom is 0.251 e. The Morgan fingerprint density at radius 3 is 2.62 bits per heavy atom. The number of nitrogens with one attached hydrogen (secondary N) is 2. The third kappa shape index (κ3) is 5.20. The largest absolute Gasteiger partial charge is 0.345 e.